The molecule has 0 fully saturated rings. The van der Waals surface area contributed by atoms with Crippen LogP contribution in [0, 0.1) is 13.8 Å². The topological polar surface area (TPSA) is 47.2 Å². The molecule has 5 nitrogen and oxygen atoms in total. The molecule has 1 N–H and O–H groups in total. The molecule has 0 aromatic carbocycles. The Bertz CT molecular complexity index is 690. The third-order valence-electron chi connectivity index (χ3n) is 3.37. The average Bonchev–Trinajstić information content (AvgIpc) is 2.90. The minimum Gasteiger partial charge on any atom is -0.376 e. The Morgan fingerprint density at radius 3 is 2.79 bits per heavy atom. The van der Waals surface area contributed by atoms with Gasteiger partial charge in [-0.05, 0) is 26.0 Å². The van der Waals surface area contributed by atoms with Gasteiger partial charge in [-0.3, -0.25) is 4.68 Å². The summed E-state index contributed by atoms with van der Waals surface area (Å²) in [6.07, 6.45) is 4.05. The number of anilines is 1. The highest BCUT2D eigenvalue weighted by molar-refractivity contribution is 5.52. The van der Waals surface area contributed by atoms with E-state index in [1.54, 1.807) is 0 Å². The lowest BCUT2D eigenvalue weighted by Crippen LogP contribution is -2.02. The maximum absolute atomic E-state index is 4.57. The van der Waals surface area contributed by atoms with Crippen LogP contribution in [-0.2, 0) is 13.6 Å². The van der Waals surface area contributed by atoms with E-state index in [2.05, 4.69) is 22.3 Å². The maximum atomic E-state index is 4.57. The monoisotopic (exact) mass is 255 g/mol. The summed E-state index contributed by atoms with van der Waals surface area (Å²) in [5.74, 6) is 0. The van der Waals surface area contributed by atoms with Gasteiger partial charge in [0.1, 0.15) is 5.65 Å². The van der Waals surface area contributed by atoms with Crippen molar-refractivity contribution in [2.24, 2.45) is 7.05 Å². The van der Waals surface area contributed by atoms with Gasteiger partial charge in [-0.2, -0.15) is 5.10 Å². The van der Waals surface area contributed by atoms with E-state index in [0.717, 1.165) is 28.4 Å². The zero-order valence-corrected chi connectivity index (χ0v) is 11.4. The quantitative estimate of drug-likeness (QED) is 0.781. The van der Waals surface area contributed by atoms with Crippen LogP contribution in [-0.4, -0.2) is 19.2 Å². The molecule has 0 radical (unpaired) electrons. The molecule has 3 rings (SSSR count). The van der Waals surface area contributed by atoms with Crippen molar-refractivity contribution in [3.63, 3.8) is 0 Å². The first-order valence-corrected chi connectivity index (χ1v) is 6.32. The molecule has 3 heterocycles. The van der Waals surface area contributed by atoms with Crippen LogP contribution >= 0.6 is 0 Å². The molecule has 5 heteroatoms. The number of hydrogen-bond donors (Lipinski definition) is 1. The van der Waals surface area contributed by atoms with E-state index in [4.69, 9.17) is 0 Å². The molecule has 19 heavy (non-hydrogen) atoms. The molecule has 0 saturated heterocycles. The minimum atomic E-state index is 0.703. The van der Waals surface area contributed by atoms with Crippen molar-refractivity contribution in [1.29, 1.82) is 0 Å². The first-order valence-electron chi connectivity index (χ1n) is 6.32. The summed E-state index contributed by atoms with van der Waals surface area (Å²) in [6, 6.07) is 6.00. The van der Waals surface area contributed by atoms with Gasteiger partial charge in [0.2, 0.25) is 0 Å². The number of fused-ring (bicyclic) bond motifs is 1. The lowest BCUT2D eigenvalue weighted by Gasteiger charge is -2.04. The molecule has 0 amide bonds. The Morgan fingerprint density at radius 1 is 1.26 bits per heavy atom. The molecular weight excluding hydrogens is 238 g/mol. The van der Waals surface area contributed by atoms with Crippen molar-refractivity contribution in [1.82, 2.24) is 19.2 Å². The highest BCUT2D eigenvalue weighted by Crippen LogP contribution is 2.19. The fourth-order valence-corrected chi connectivity index (χ4v) is 2.28. The molecule has 0 bridgehead atoms. The molecule has 0 aliphatic rings. The Morgan fingerprint density at radius 2 is 2.11 bits per heavy atom. The fraction of sp³-hybridized carbons (Fsp3) is 0.286. The lowest BCUT2D eigenvalue weighted by atomic mass is 10.3. The molecule has 98 valence electrons. The molecule has 0 saturated carbocycles. The van der Waals surface area contributed by atoms with E-state index in [0.29, 0.717) is 6.54 Å². The first kappa shape index (κ1) is 11.8. The Balaban J connectivity index is 1.82. The molecule has 0 aliphatic carbocycles. The highest BCUT2D eigenvalue weighted by atomic mass is 15.3. The zero-order valence-electron chi connectivity index (χ0n) is 11.4. The van der Waals surface area contributed by atoms with E-state index in [1.165, 1.54) is 0 Å². The first-order chi connectivity index (χ1) is 9.15. The number of nitrogens with one attached hydrogen (secondary N) is 1. The summed E-state index contributed by atoms with van der Waals surface area (Å²) < 4.78 is 3.92. The van der Waals surface area contributed by atoms with Gasteiger partial charge in [0.15, 0.2) is 0 Å². The number of rotatable bonds is 3. The summed E-state index contributed by atoms with van der Waals surface area (Å²) >= 11 is 0. The molecule has 0 spiro atoms. The normalized spacial score (nSPS) is 11.1. The standard InChI is InChI=1S/C14H17N5/c1-10-14(11(2)18(3)17-10)15-8-12-9-19-7-5-4-6-13(19)16-12/h4-7,9,15H,8H2,1-3H3. The van der Waals surface area contributed by atoms with E-state index in [-0.39, 0.29) is 0 Å². The third kappa shape index (κ3) is 2.07. The summed E-state index contributed by atoms with van der Waals surface area (Å²) in [5.41, 5.74) is 5.25. The van der Waals surface area contributed by atoms with Crippen LogP contribution < -0.4 is 5.32 Å². The largest absolute Gasteiger partial charge is 0.376 e. The average molecular weight is 255 g/mol. The van der Waals surface area contributed by atoms with Crippen LogP contribution in [0.5, 0.6) is 0 Å². The van der Waals surface area contributed by atoms with Gasteiger partial charge >= 0.3 is 0 Å². The molecule has 3 aromatic heterocycles. The van der Waals surface area contributed by atoms with Gasteiger partial charge in [-0.1, -0.05) is 6.07 Å². The Kier molecular flexibility index (Phi) is 2.74. The lowest BCUT2D eigenvalue weighted by molar-refractivity contribution is 0.731. The summed E-state index contributed by atoms with van der Waals surface area (Å²) in [7, 11) is 1.96. The number of hydrogen-bond acceptors (Lipinski definition) is 3. The fourth-order valence-electron chi connectivity index (χ4n) is 2.28. The summed E-state index contributed by atoms with van der Waals surface area (Å²) in [5, 5.41) is 7.81. The Labute approximate surface area is 111 Å². The van der Waals surface area contributed by atoms with Crippen LogP contribution in [0.4, 0.5) is 5.69 Å². The van der Waals surface area contributed by atoms with Gasteiger partial charge in [0.05, 0.1) is 29.3 Å². The van der Waals surface area contributed by atoms with Gasteiger partial charge in [-0.25, -0.2) is 4.98 Å². The number of aryl methyl sites for hydroxylation is 2. The third-order valence-corrected chi connectivity index (χ3v) is 3.37. The van der Waals surface area contributed by atoms with Crippen LogP contribution in [0.3, 0.4) is 0 Å². The van der Waals surface area contributed by atoms with Crippen molar-refractivity contribution in [2.45, 2.75) is 20.4 Å². The van der Waals surface area contributed by atoms with E-state index >= 15 is 0 Å². The SMILES string of the molecule is Cc1nn(C)c(C)c1NCc1cn2ccccc2n1. The Hall–Kier alpha value is -2.30. The van der Waals surface area contributed by atoms with Crippen molar-refractivity contribution in [3.8, 4) is 0 Å². The van der Waals surface area contributed by atoms with Crippen LogP contribution in [0.25, 0.3) is 5.65 Å². The zero-order chi connectivity index (χ0) is 13.4. The number of nitrogens with zero attached hydrogens (tertiary/aromatic N) is 4. The van der Waals surface area contributed by atoms with Crippen LogP contribution in [0.1, 0.15) is 17.1 Å². The second-order valence-corrected chi connectivity index (χ2v) is 4.72. The second-order valence-electron chi connectivity index (χ2n) is 4.72. The van der Waals surface area contributed by atoms with Crippen molar-refractivity contribution in [2.75, 3.05) is 5.32 Å². The van der Waals surface area contributed by atoms with E-state index < -0.39 is 0 Å². The van der Waals surface area contributed by atoms with Gasteiger partial charge in [0.25, 0.3) is 0 Å². The predicted molar refractivity (Wildman–Crippen MR) is 75.2 cm³/mol. The van der Waals surface area contributed by atoms with Crippen LogP contribution in [0.15, 0.2) is 30.6 Å². The molecular formula is C14H17N5. The molecule has 0 atom stereocenters. The molecule has 0 aliphatic heterocycles. The van der Waals surface area contributed by atoms with Gasteiger partial charge < -0.3 is 9.72 Å². The van der Waals surface area contributed by atoms with Crippen molar-refractivity contribution < 1.29 is 0 Å². The van der Waals surface area contributed by atoms with E-state index in [9.17, 15) is 0 Å². The van der Waals surface area contributed by atoms with Crippen molar-refractivity contribution >= 4 is 11.3 Å². The van der Waals surface area contributed by atoms with Crippen molar-refractivity contribution in [3.05, 3.63) is 47.7 Å². The van der Waals surface area contributed by atoms with Gasteiger partial charge in [-0.15, -0.1) is 0 Å². The number of imidazole rings is 1. The van der Waals surface area contributed by atoms with E-state index in [1.807, 2.05) is 53.6 Å². The second kappa shape index (κ2) is 4.42. The molecule has 0 unspecified atom stereocenters. The maximum Gasteiger partial charge on any atom is 0.137 e. The highest BCUT2D eigenvalue weighted by Gasteiger charge is 2.09. The summed E-state index contributed by atoms with van der Waals surface area (Å²) in [4.78, 5) is 4.57. The van der Waals surface area contributed by atoms with Crippen LogP contribution in [0.2, 0.25) is 0 Å². The van der Waals surface area contributed by atoms with Gasteiger partial charge in [0, 0.05) is 19.4 Å². The summed E-state index contributed by atoms with van der Waals surface area (Å²) in [6.45, 7) is 4.78. The minimum absolute atomic E-state index is 0.703. The predicted octanol–water partition coefficient (Wildman–Crippen LogP) is 2.30. The number of aromatic nitrogens is 4. The smallest absolute Gasteiger partial charge is 0.137 e. The number of pyridine rings is 1. The molecule has 3 aromatic rings.